The van der Waals surface area contributed by atoms with E-state index in [1.807, 2.05) is 24.4 Å². The van der Waals surface area contributed by atoms with Crippen molar-refractivity contribution in [2.24, 2.45) is 0 Å². The average Bonchev–Trinajstić information content (AvgIpc) is 2.68. The van der Waals surface area contributed by atoms with Crippen molar-refractivity contribution < 1.29 is 9.84 Å². The van der Waals surface area contributed by atoms with Crippen molar-refractivity contribution in [1.29, 1.82) is 0 Å². The number of rotatable bonds is 4. The summed E-state index contributed by atoms with van der Waals surface area (Å²) in [6.07, 6.45) is 1.35. The molecule has 0 bridgehead atoms. The highest BCUT2D eigenvalue weighted by atomic mass is 16.5. The Morgan fingerprint density at radius 2 is 1.76 bits per heavy atom. The summed E-state index contributed by atoms with van der Waals surface area (Å²) in [6, 6.07) is 18.4. The van der Waals surface area contributed by atoms with E-state index in [0.29, 0.717) is 6.54 Å². The summed E-state index contributed by atoms with van der Waals surface area (Å²) >= 11 is 0. The minimum Gasteiger partial charge on any atom is -0.387 e. The molecule has 1 aromatic heterocycles. The van der Waals surface area contributed by atoms with Crippen LogP contribution in [-0.4, -0.2) is 47.8 Å². The quantitative estimate of drug-likeness (QED) is 0.795. The molecule has 2 aromatic carbocycles. The van der Waals surface area contributed by atoms with Crippen LogP contribution in [0.1, 0.15) is 11.7 Å². The number of β-amino-alcohol motifs (C(OH)–C–C–N with tert-alkyl or cyclic N) is 1. The van der Waals surface area contributed by atoms with Gasteiger partial charge in [-0.15, -0.1) is 0 Å². The second-order valence-corrected chi connectivity index (χ2v) is 6.43. The monoisotopic (exact) mass is 334 g/mol. The Labute approximate surface area is 147 Å². The number of aliphatic hydroxyl groups excluding tert-OH is 1. The molecule has 0 spiro atoms. The number of morpholine rings is 1. The molecule has 2 heterocycles. The molecule has 25 heavy (non-hydrogen) atoms. The summed E-state index contributed by atoms with van der Waals surface area (Å²) in [5.74, 6) is 0. The molecule has 1 saturated heterocycles. The van der Waals surface area contributed by atoms with E-state index in [4.69, 9.17) is 4.74 Å². The van der Waals surface area contributed by atoms with Gasteiger partial charge in [-0.25, -0.2) is 0 Å². The van der Waals surface area contributed by atoms with Gasteiger partial charge in [-0.2, -0.15) is 0 Å². The summed E-state index contributed by atoms with van der Waals surface area (Å²) in [4.78, 5) is 6.77. The molecule has 1 aliphatic rings. The molecule has 128 valence electrons. The maximum Gasteiger partial charge on any atom is 0.0916 e. The van der Waals surface area contributed by atoms with Crippen LogP contribution in [0.5, 0.6) is 0 Å². The Morgan fingerprint density at radius 1 is 1.00 bits per heavy atom. The summed E-state index contributed by atoms with van der Waals surface area (Å²) < 4.78 is 5.36. The Kier molecular flexibility index (Phi) is 4.74. The van der Waals surface area contributed by atoms with E-state index < -0.39 is 6.10 Å². The van der Waals surface area contributed by atoms with Gasteiger partial charge in [0, 0.05) is 36.8 Å². The fourth-order valence-electron chi connectivity index (χ4n) is 3.36. The van der Waals surface area contributed by atoms with Gasteiger partial charge in [0.15, 0.2) is 0 Å². The van der Waals surface area contributed by atoms with Crippen molar-refractivity contribution in [3.63, 3.8) is 0 Å². The zero-order chi connectivity index (χ0) is 17.1. The Morgan fingerprint density at radius 3 is 2.56 bits per heavy atom. The molecular formula is C21H22N2O2. The number of fused-ring (bicyclic) bond motifs is 1. The van der Waals surface area contributed by atoms with Gasteiger partial charge < -0.3 is 9.84 Å². The standard InChI is InChI=1S/C21H22N2O2/c24-20(15-23-11-13-25-14-12-23)17-8-6-16(7-9-17)19-5-1-3-18-4-2-10-22-21(18)19/h1-10,20,24H,11-15H2/t20-/m0/s1. The van der Waals surface area contributed by atoms with E-state index in [1.54, 1.807) is 0 Å². The largest absolute Gasteiger partial charge is 0.387 e. The number of nitrogens with zero attached hydrogens (tertiary/aromatic N) is 2. The molecule has 1 fully saturated rings. The van der Waals surface area contributed by atoms with Gasteiger partial charge in [-0.05, 0) is 17.2 Å². The Bertz CT molecular complexity index is 837. The van der Waals surface area contributed by atoms with Gasteiger partial charge in [-0.1, -0.05) is 48.5 Å². The lowest BCUT2D eigenvalue weighted by molar-refractivity contribution is 0.0143. The van der Waals surface area contributed by atoms with Crippen LogP contribution in [0.3, 0.4) is 0 Å². The normalized spacial score (nSPS) is 16.8. The summed E-state index contributed by atoms with van der Waals surface area (Å²) in [7, 11) is 0. The molecule has 1 atom stereocenters. The molecule has 0 aliphatic carbocycles. The summed E-state index contributed by atoms with van der Waals surface area (Å²) in [6.45, 7) is 3.92. The van der Waals surface area contributed by atoms with Crippen molar-refractivity contribution >= 4 is 10.9 Å². The van der Waals surface area contributed by atoms with E-state index >= 15 is 0 Å². The first-order valence-corrected chi connectivity index (χ1v) is 8.73. The molecule has 1 aliphatic heterocycles. The van der Waals surface area contributed by atoms with Crippen molar-refractivity contribution in [3.8, 4) is 11.1 Å². The SMILES string of the molecule is O[C@@H](CN1CCOCC1)c1ccc(-c2cccc3cccnc23)cc1. The van der Waals surface area contributed by atoms with Crippen LogP contribution in [-0.2, 0) is 4.74 Å². The second kappa shape index (κ2) is 7.31. The zero-order valence-corrected chi connectivity index (χ0v) is 14.1. The topological polar surface area (TPSA) is 45.6 Å². The molecule has 0 amide bonds. The molecule has 0 radical (unpaired) electrons. The third kappa shape index (κ3) is 3.56. The van der Waals surface area contributed by atoms with Gasteiger partial charge in [0.2, 0.25) is 0 Å². The third-order valence-electron chi connectivity index (χ3n) is 4.77. The van der Waals surface area contributed by atoms with Crippen molar-refractivity contribution in [1.82, 2.24) is 9.88 Å². The number of hydrogen-bond acceptors (Lipinski definition) is 4. The van der Waals surface area contributed by atoms with E-state index in [9.17, 15) is 5.11 Å². The predicted octanol–water partition coefficient (Wildman–Crippen LogP) is 3.27. The third-order valence-corrected chi connectivity index (χ3v) is 4.77. The van der Waals surface area contributed by atoms with Gasteiger partial charge in [0.25, 0.3) is 0 Å². The number of para-hydroxylation sites is 1. The minimum absolute atomic E-state index is 0.474. The number of aliphatic hydroxyl groups is 1. The minimum atomic E-state index is -0.474. The van der Waals surface area contributed by atoms with E-state index in [-0.39, 0.29) is 0 Å². The van der Waals surface area contributed by atoms with E-state index in [1.165, 1.54) is 0 Å². The highest BCUT2D eigenvalue weighted by molar-refractivity contribution is 5.93. The van der Waals surface area contributed by atoms with E-state index in [2.05, 4.69) is 46.3 Å². The Balaban J connectivity index is 1.55. The number of benzene rings is 2. The van der Waals surface area contributed by atoms with Gasteiger partial charge in [-0.3, -0.25) is 9.88 Å². The first-order valence-electron chi connectivity index (χ1n) is 8.73. The molecule has 3 aromatic rings. The summed E-state index contributed by atoms with van der Waals surface area (Å²) in [5.41, 5.74) is 4.19. The predicted molar refractivity (Wildman–Crippen MR) is 99.4 cm³/mol. The lowest BCUT2D eigenvalue weighted by Crippen LogP contribution is -2.38. The maximum absolute atomic E-state index is 10.5. The number of hydrogen-bond donors (Lipinski definition) is 1. The van der Waals surface area contributed by atoms with Crippen LogP contribution in [0.15, 0.2) is 60.8 Å². The first-order chi connectivity index (χ1) is 12.3. The smallest absolute Gasteiger partial charge is 0.0916 e. The number of pyridine rings is 1. The van der Waals surface area contributed by atoms with Crippen LogP contribution < -0.4 is 0 Å². The average molecular weight is 334 g/mol. The fourth-order valence-corrected chi connectivity index (χ4v) is 3.36. The second-order valence-electron chi connectivity index (χ2n) is 6.43. The zero-order valence-electron chi connectivity index (χ0n) is 14.1. The van der Waals surface area contributed by atoms with Crippen molar-refractivity contribution in [2.45, 2.75) is 6.10 Å². The molecule has 4 nitrogen and oxygen atoms in total. The van der Waals surface area contributed by atoms with Crippen molar-refractivity contribution in [2.75, 3.05) is 32.8 Å². The van der Waals surface area contributed by atoms with Crippen LogP contribution in [0.2, 0.25) is 0 Å². The van der Waals surface area contributed by atoms with Crippen LogP contribution in [0, 0.1) is 0 Å². The molecular weight excluding hydrogens is 312 g/mol. The van der Waals surface area contributed by atoms with Gasteiger partial charge in [0.1, 0.15) is 0 Å². The van der Waals surface area contributed by atoms with Crippen LogP contribution in [0.4, 0.5) is 0 Å². The molecule has 0 saturated carbocycles. The molecule has 1 N–H and O–H groups in total. The van der Waals surface area contributed by atoms with Crippen LogP contribution in [0.25, 0.3) is 22.0 Å². The Hall–Kier alpha value is -2.27. The number of ether oxygens (including phenoxy) is 1. The highest BCUT2D eigenvalue weighted by Crippen LogP contribution is 2.28. The molecule has 4 heteroatoms. The van der Waals surface area contributed by atoms with Gasteiger partial charge >= 0.3 is 0 Å². The first kappa shape index (κ1) is 16.2. The van der Waals surface area contributed by atoms with Crippen molar-refractivity contribution in [3.05, 3.63) is 66.4 Å². The lowest BCUT2D eigenvalue weighted by atomic mass is 9.99. The van der Waals surface area contributed by atoms with Crippen LogP contribution >= 0.6 is 0 Å². The lowest BCUT2D eigenvalue weighted by Gasteiger charge is -2.28. The molecule has 0 unspecified atom stereocenters. The fraction of sp³-hybridized carbons (Fsp3) is 0.286. The molecule has 4 rings (SSSR count). The van der Waals surface area contributed by atoms with Gasteiger partial charge in [0.05, 0.1) is 24.8 Å². The highest BCUT2D eigenvalue weighted by Gasteiger charge is 2.16. The number of aromatic nitrogens is 1. The summed E-state index contributed by atoms with van der Waals surface area (Å²) in [5, 5.41) is 11.6. The maximum atomic E-state index is 10.5. The van der Waals surface area contributed by atoms with E-state index in [0.717, 1.165) is 53.9 Å².